The third-order valence-electron chi connectivity index (χ3n) is 2.95. The Morgan fingerprint density at radius 1 is 1.17 bits per heavy atom. The Morgan fingerprint density at radius 2 is 1.78 bits per heavy atom. The number of carbonyl (C=O) groups is 1. The Bertz CT molecular complexity index is 419. The van der Waals surface area contributed by atoms with Crippen molar-refractivity contribution in [3.63, 3.8) is 0 Å². The number of nitrogens with two attached hydrogens (primary N) is 1. The first-order valence-corrected chi connectivity index (χ1v) is 5.60. The molecular formula is C13H19NO4. The molecule has 5 nitrogen and oxygen atoms in total. The highest BCUT2D eigenvalue weighted by molar-refractivity contribution is 5.76. The molecular weight excluding hydrogens is 234 g/mol. The molecule has 0 aliphatic heterocycles. The summed E-state index contributed by atoms with van der Waals surface area (Å²) in [4.78, 5) is 11.4. The van der Waals surface area contributed by atoms with Crippen molar-refractivity contribution >= 4 is 5.97 Å². The summed E-state index contributed by atoms with van der Waals surface area (Å²) >= 11 is 0. The minimum absolute atomic E-state index is 0.169. The van der Waals surface area contributed by atoms with E-state index in [1.807, 2.05) is 19.1 Å². The molecule has 0 bridgehead atoms. The molecule has 0 heterocycles. The van der Waals surface area contributed by atoms with Crippen LogP contribution in [0.2, 0.25) is 0 Å². The molecule has 5 heteroatoms. The zero-order valence-corrected chi connectivity index (χ0v) is 11.1. The van der Waals surface area contributed by atoms with Crippen LogP contribution in [-0.4, -0.2) is 33.3 Å². The maximum Gasteiger partial charge on any atom is 0.323 e. The van der Waals surface area contributed by atoms with Gasteiger partial charge in [-0.05, 0) is 17.7 Å². The van der Waals surface area contributed by atoms with Crippen LogP contribution in [0.1, 0.15) is 18.4 Å². The highest BCUT2D eigenvalue weighted by atomic mass is 16.5. The molecule has 0 radical (unpaired) electrons. The molecule has 1 rings (SSSR count). The molecule has 0 aliphatic rings. The van der Waals surface area contributed by atoms with Gasteiger partial charge < -0.3 is 19.9 Å². The van der Waals surface area contributed by atoms with Crippen LogP contribution in [0.3, 0.4) is 0 Å². The van der Waals surface area contributed by atoms with E-state index in [0.717, 1.165) is 5.56 Å². The van der Waals surface area contributed by atoms with E-state index in [1.165, 1.54) is 7.11 Å². The molecule has 0 saturated heterocycles. The fourth-order valence-electron chi connectivity index (χ4n) is 1.68. The minimum Gasteiger partial charge on any atom is -0.493 e. The Balaban J connectivity index is 2.99. The van der Waals surface area contributed by atoms with Crippen LogP contribution in [-0.2, 0) is 9.53 Å². The van der Waals surface area contributed by atoms with E-state index in [2.05, 4.69) is 4.74 Å². The zero-order chi connectivity index (χ0) is 13.7. The third-order valence-corrected chi connectivity index (χ3v) is 2.95. The lowest BCUT2D eigenvalue weighted by atomic mass is 9.93. The summed E-state index contributed by atoms with van der Waals surface area (Å²) in [5, 5.41) is 0. The maximum absolute atomic E-state index is 11.4. The Hall–Kier alpha value is -1.75. The normalized spacial score (nSPS) is 13.6. The van der Waals surface area contributed by atoms with Gasteiger partial charge in [-0.15, -0.1) is 0 Å². The number of ether oxygens (including phenoxy) is 3. The molecule has 100 valence electrons. The number of hydrogen-bond acceptors (Lipinski definition) is 5. The summed E-state index contributed by atoms with van der Waals surface area (Å²) in [6, 6.07) is 4.75. The van der Waals surface area contributed by atoms with Gasteiger partial charge >= 0.3 is 5.97 Å². The van der Waals surface area contributed by atoms with Gasteiger partial charge in [0.15, 0.2) is 11.5 Å². The average Bonchev–Trinajstić information content (AvgIpc) is 2.43. The molecule has 0 fully saturated rings. The number of benzene rings is 1. The van der Waals surface area contributed by atoms with Gasteiger partial charge in [-0.3, -0.25) is 4.79 Å². The topological polar surface area (TPSA) is 70.8 Å². The lowest BCUT2D eigenvalue weighted by Crippen LogP contribution is -2.36. The first kappa shape index (κ1) is 14.3. The molecule has 1 aromatic rings. The van der Waals surface area contributed by atoms with Gasteiger partial charge in [-0.1, -0.05) is 13.0 Å². The number of methoxy groups -OCH3 is 3. The third kappa shape index (κ3) is 2.92. The average molecular weight is 253 g/mol. The molecule has 0 spiro atoms. The number of carbonyl (C=O) groups excluding carboxylic acids is 1. The summed E-state index contributed by atoms with van der Waals surface area (Å²) in [5.41, 5.74) is 6.71. The molecule has 1 unspecified atom stereocenters. The molecule has 18 heavy (non-hydrogen) atoms. The van der Waals surface area contributed by atoms with Crippen LogP contribution in [0.5, 0.6) is 11.5 Å². The first-order valence-electron chi connectivity index (χ1n) is 5.60. The van der Waals surface area contributed by atoms with Gasteiger partial charge in [-0.25, -0.2) is 0 Å². The molecule has 2 atom stereocenters. The quantitative estimate of drug-likeness (QED) is 0.801. The van der Waals surface area contributed by atoms with Crippen molar-refractivity contribution < 1.29 is 19.0 Å². The molecule has 1 aromatic carbocycles. The van der Waals surface area contributed by atoms with E-state index in [-0.39, 0.29) is 5.92 Å². The van der Waals surface area contributed by atoms with Gasteiger partial charge in [-0.2, -0.15) is 0 Å². The second-order valence-electron chi connectivity index (χ2n) is 3.95. The van der Waals surface area contributed by atoms with E-state index >= 15 is 0 Å². The van der Waals surface area contributed by atoms with Crippen molar-refractivity contribution in [3.8, 4) is 11.5 Å². The molecule has 0 aliphatic carbocycles. The van der Waals surface area contributed by atoms with Crippen molar-refractivity contribution in [1.29, 1.82) is 0 Å². The predicted octanol–water partition coefficient (Wildman–Crippen LogP) is 1.31. The molecule has 0 aromatic heterocycles. The summed E-state index contributed by atoms with van der Waals surface area (Å²) in [7, 11) is 4.46. The largest absolute Gasteiger partial charge is 0.493 e. The molecule has 0 amide bonds. The van der Waals surface area contributed by atoms with Crippen molar-refractivity contribution in [2.45, 2.75) is 18.9 Å². The summed E-state index contributed by atoms with van der Waals surface area (Å²) in [6.07, 6.45) is 0. The van der Waals surface area contributed by atoms with E-state index in [1.54, 1.807) is 20.3 Å². The van der Waals surface area contributed by atoms with Crippen molar-refractivity contribution in [2.24, 2.45) is 5.73 Å². The fourth-order valence-corrected chi connectivity index (χ4v) is 1.68. The van der Waals surface area contributed by atoms with Gasteiger partial charge in [0, 0.05) is 5.92 Å². The Morgan fingerprint density at radius 3 is 2.28 bits per heavy atom. The van der Waals surface area contributed by atoms with Crippen LogP contribution >= 0.6 is 0 Å². The Labute approximate surface area is 107 Å². The van der Waals surface area contributed by atoms with Crippen LogP contribution in [0.4, 0.5) is 0 Å². The second kappa shape index (κ2) is 6.26. The molecule has 2 N–H and O–H groups in total. The minimum atomic E-state index is -0.701. The van der Waals surface area contributed by atoms with E-state index in [9.17, 15) is 4.79 Å². The Kier molecular flexibility index (Phi) is 4.97. The number of hydrogen-bond donors (Lipinski definition) is 1. The first-order chi connectivity index (χ1) is 8.54. The highest BCUT2D eigenvalue weighted by Gasteiger charge is 2.23. The van der Waals surface area contributed by atoms with Crippen LogP contribution in [0, 0.1) is 0 Å². The van der Waals surface area contributed by atoms with Gasteiger partial charge in [0.2, 0.25) is 0 Å². The maximum atomic E-state index is 11.4. The summed E-state index contributed by atoms with van der Waals surface area (Å²) < 4.78 is 15.0. The van der Waals surface area contributed by atoms with E-state index < -0.39 is 12.0 Å². The summed E-state index contributed by atoms with van der Waals surface area (Å²) in [5.74, 6) is 0.647. The van der Waals surface area contributed by atoms with Crippen LogP contribution in [0.25, 0.3) is 0 Å². The second-order valence-corrected chi connectivity index (χ2v) is 3.95. The zero-order valence-electron chi connectivity index (χ0n) is 11.1. The van der Waals surface area contributed by atoms with Crippen molar-refractivity contribution in [1.82, 2.24) is 0 Å². The standard InChI is InChI=1S/C13H19NO4/c1-8(12(14)13(15)18-4)9-5-6-10(16-2)11(7-9)17-3/h5-8,12H,14H2,1-4H3/t8?,12-/m0/s1. The van der Waals surface area contributed by atoms with Gasteiger partial charge in [0.05, 0.1) is 21.3 Å². The lowest BCUT2D eigenvalue weighted by Gasteiger charge is -2.19. The van der Waals surface area contributed by atoms with Crippen LogP contribution < -0.4 is 15.2 Å². The smallest absolute Gasteiger partial charge is 0.323 e. The fraction of sp³-hybridized carbons (Fsp3) is 0.462. The monoisotopic (exact) mass is 253 g/mol. The number of rotatable bonds is 5. The highest BCUT2D eigenvalue weighted by Crippen LogP contribution is 2.31. The van der Waals surface area contributed by atoms with Gasteiger partial charge in [0.1, 0.15) is 6.04 Å². The summed E-state index contributed by atoms with van der Waals surface area (Å²) in [6.45, 7) is 1.86. The van der Waals surface area contributed by atoms with Crippen molar-refractivity contribution in [3.05, 3.63) is 23.8 Å². The van der Waals surface area contributed by atoms with Crippen molar-refractivity contribution in [2.75, 3.05) is 21.3 Å². The van der Waals surface area contributed by atoms with Gasteiger partial charge in [0.25, 0.3) is 0 Å². The lowest BCUT2D eigenvalue weighted by molar-refractivity contribution is -0.142. The SMILES string of the molecule is COC(=O)[C@@H](N)C(C)c1ccc(OC)c(OC)c1. The number of esters is 1. The van der Waals surface area contributed by atoms with E-state index in [4.69, 9.17) is 15.2 Å². The van der Waals surface area contributed by atoms with E-state index in [0.29, 0.717) is 11.5 Å². The van der Waals surface area contributed by atoms with Crippen LogP contribution in [0.15, 0.2) is 18.2 Å². The molecule has 0 saturated carbocycles. The predicted molar refractivity (Wildman–Crippen MR) is 68.0 cm³/mol.